The van der Waals surface area contributed by atoms with Crippen LogP contribution in [0.5, 0.6) is 0 Å². The molecule has 1 aromatic rings. The van der Waals surface area contributed by atoms with Crippen LogP contribution in [0, 0.1) is 5.92 Å². The second-order valence-corrected chi connectivity index (χ2v) is 4.98. The van der Waals surface area contributed by atoms with Crippen LogP contribution >= 0.6 is 15.9 Å². The summed E-state index contributed by atoms with van der Waals surface area (Å²) in [6, 6.07) is 1.93. The van der Waals surface area contributed by atoms with Crippen molar-refractivity contribution >= 4 is 21.7 Å². The first kappa shape index (κ1) is 11.8. The van der Waals surface area contributed by atoms with Crippen molar-refractivity contribution in [3.8, 4) is 0 Å². The zero-order valence-corrected chi connectivity index (χ0v) is 11.0. The fourth-order valence-electron chi connectivity index (χ4n) is 1.97. The molecule has 1 unspecified atom stereocenters. The Labute approximate surface area is 104 Å². The molecule has 16 heavy (non-hydrogen) atoms. The molecule has 1 aromatic heterocycles. The van der Waals surface area contributed by atoms with Crippen molar-refractivity contribution < 1.29 is 4.74 Å². The van der Waals surface area contributed by atoms with Gasteiger partial charge in [-0.25, -0.2) is 9.97 Å². The van der Waals surface area contributed by atoms with Gasteiger partial charge >= 0.3 is 0 Å². The van der Waals surface area contributed by atoms with Crippen LogP contribution in [-0.2, 0) is 4.74 Å². The van der Waals surface area contributed by atoms with Crippen molar-refractivity contribution in [2.24, 2.45) is 5.92 Å². The fraction of sp³-hybridized carbons (Fsp3) is 0.636. The van der Waals surface area contributed by atoms with Crippen LogP contribution in [-0.4, -0.2) is 36.8 Å². The number of aromatic nitrogens is 2. The van der Waals surface area contributed by atoms with Gasteiger partial charge in [0.1, 0.15) is 16.7 Å². The predicted molar refractivity (Wildman–Crippen MR) is 66.5 cm³/mol. The fourth-order valence-corrected chi connectivity index (χ4v) is 2.26. The summed E-state index contributed by atoms with van der Waals surface area (Å²) in [5.74, 6) is 1.57. The summed E-state index contributed by atoms with van der Waals surface area (Å²) in [4.78, 5) is 10.4. The highest BCUT2D eigenvalue weighted by atomic mass is 79.9. The van der Waals surface area contributed by atoms with E-state index in [0.717, 1.165) is 30.2 Å². The van der Waals surface area contributed by atoms with Crippen molar-refractivity contribution in [2.45, 2.75) is 12.8 Å². The summed E-state index contributed by atoms with van der Waals surface area (Å²) in [6.45, 7) is 2.78. The third-order valence-electron chi connectivity index (χ3n) is 2.80. The van der Waals surface area contributed by atoms with E-state index >= 15 is 0 Å². The molecule has 0 aromatic carbocycles. The number of ether oxygens (including phenoxy) is 1. The van der Waals surface area contributed by atoms with Crippen molar-refractivity contribution in [3.05, 3.63) is 17.0 Å². The molecule has 0 aliphatic carbocycles. The molecule has 0 amide bonds. The SMILES string of the molecule is CN(CC1CCCOC1)c1cc(Br)ncn1. The Bertz CT molecular complexity index is 342. The molecule has 2 rings (SSSR count). The molecule has 0 saturated carbocycles. The number of rotatable bonds is 3. The van der Waals surface area contributed by atoms with E-state index in [1.54, 1.807) is 6.33 Å². The zero-order valence-electron chi connectivity index (χ0n) is 9.40. The molecular formula is C11H16BrN3O. The highest BCUT2D eigenvalue weighted by molar-refractivity contribution is 9.10. The van der Waals surface area contributed by atoms with E-state index in [4.69, 9.17) is 4.74 Å². The summed E-state index contributed by atoms with van der Waals surface area (Å²) in [7, 11) is 2.06. The van der Waals surface area contributed by atoms with Gasteiger partial charge in [-0.1, -0.05) is 0 Å². The van der Waals surface area contributed by atoms with E-state index < -0.39 is 0 Å². The van der Waals surface area contributed by atoms with Gasteiger partial charge in [-0.15, -0.1) is 0 Å². The Hall–Kier alpha value is -0.680. The zero-order chi connectivity index (χ0) is 11.4. The van der Waals surface area contributed by atoms with E-state index in [1.807, 2.05) is 6.07 Å². The minimum Gasteiger partial charge on any atom is -0.381 e. The molecule has 4 nitrogen and oxygen atoms in total. The van der Waals surface area contributed by atoms with Crippen LogP contribution < -0.4 is 4.90 Å². The van der Waals surface area contributed by atoms with E-state index in [-0.39, 0.29) is 0 Å². The lowest BCUT2D eigenvalue weighted by molar-refractivity contribution is 0.0576. The van der Waals surface area contributed by atoms with Gasteiger partial charge in [0, 0.05) is 26.3 Å². The minimum atomic E-state index is 0.618. The number of hydrogen-bond donors (Lipinski definition) is 0. The average molecular weight is 286 g/mol. The van der Waals surface area contributed by atoms with Crippen molar-refractivity contribution in [2.75, 3.05) is 31.7 Å². The maximum absolute atomic E-state index is 5.47. The summed E-state index contributed by atoms with van der Waals surface area (Å²) < 4.78 is 6.30. The first-order valence-corrected chi connectivity index (χ1v) is 6.31. The van der Waals surface area contributed by atoms with Gasteiger partial charge in [0.25, 0.3) is 0 Å². The van der Waals surface area contributed by atoms with E-state index in [0.29, 0.717) is 5.92 Å². The first-order valence-electron chi connectivity index (χ1n) is 5.52. The number of hydrogen-bond acceptors (Lipinski definition) is 4. The van der Waals surface area contributed by atoms with Crippen LogP contribution in [0.4, 0.5) is 5.82 Å². The van der Waals surface area contributed by atoms with Gasteiger partial charge in [0.15, 0.2) is 0 Å². The third kappa shape index (κ3) is 3.15. The number of halogens is 1. The topological polar surface area (TPSA) is 38.2 Å². The highest BCUT2D eigenvalue weighted by Gasteiger charge is 2.16. The molecule has 1 saturated heterocycles. The summed E-state index contributed by atoms with van der Waals surface area (Å²) >= 11 is 3.35. The van der Waals surface area contributed by atoms with Crippen LogP contribution in [0.25, 0.3) is 0 Å². The van der Waals surface area contributed by atoms with Crippen molar-refractivity contribution in [1.82, 2.24) is 9.97 Å². The molecule has 1 atom stereocenters. The molecule has 1 fully saturated rings. The molecule has 0 bridgehead atoms. The molecule has 0 radical (unpaired) electrons. The molecule has 0 spiro atoms. The Morgan fingerprint density at radius 2 is 2.44 bits per heavy atom. The Morgan fingerprint density at radius 1 is 1.56 bits per heavy atom. The first-order chi connectivity index (χ1) is 7.75. The third-order valence-corrected chi connectivity index (χ3v) is 3.23. The molecule has 88 valence electrons. The van der Waals surface area contributed by atoms with Crippen LogP contribution in [0.1, 0.15) is 12.8 Å². The normalized spacial score (nSPS) is 20.8. The van der Waals surface area contributed by atoms with E-state index in [2.05, 4.69) is 37.8 Å². The molecule has 1 aliphatic heterocycles. The second-order valence-electron chi connectivity index (χ2n) is 4.16. The van der Waals surface area contributed by atoms with Gasteiger partial charge in [-0.05, 0) is 34.7 Å². The summed E-state index contributed by atoms with van der Waals surface area (Å²) in [5.41, 5.74) is 0. The Balaban J connectivity index is 1.94. The van der Waals surface area contributed by atoms with Gasteiger partial charge in [-0.3, -0.25) is 0 Å². The largest absolute Gasteiger partial charge is 0.381 e. The quantitative estimate of drug-likeness (QED) is 0.798. The maximum Gasteiger partial charge on any atom is 0.132 e. The molecule has 0 N–H and O–H groups in total. The van der Waals surface area contributed by atoms with Gasteiger partial charge in [-0.2, -0.15) is 0 Å². The molecule has 1 aliphatic rings. The van der Waals surface area contributed by atoms with Crippen molar-refractivity contribution in [3.63, 3.8) is 0 Å². The van der Waals surface area contributed by atoms with E-state index in [9.17, 15) is 0 Å². The number of anilines is 1. The molecule has 5 heteroatoms. The standard InChI is InChI=1S/C11H16BrN3O/c1-15(6-9-3-2-4-16-7-9)11-5-10(12)13-8-14-11/h5,8-9H,2-4,6-7H2,1H3. The summed E-state index contributed by atoms with van der Waals surface area (Å²) in [6.07, 6.45) is 4.00. The summed E-state index contributed by atoms with van der Waals surface area (Å²) in [5, 5.41) is 0. The number of nitrogens with zero attached hydrogens (tertiary/aromatic N) is 3. The monoisotopic (exact) mass is 285 g/mol. The lowest BCUT2D eigenvalue weighted by atomic mass is 10.0. The molecular weight excluding hydrogens is 270 g/mol. The van der Waals surface area contributed by atoms with Gasteiger partial charge in [0.2, 0.25) is 0 Å². The average Bonchev–Trinajstić information content (AvgIpc) is 2.30. The molecule has 2 heterocycles. The smallest absolute Gasteiger partial charge is 0.132 e. The highest BCUT2D eigenvalue weighted by Crippen LogP contribution is 2.18. The van der Waals surface area contributed by atoms with Crippen LogP contribution in [0.3, 0.4) is 0 Å². The lowest BCUT2D eigenvalue weighted by Gasteiger charge is -2.27. The second kappa shape index (κ2) is 5.59. The maximum atomic E-state index is 5.47. The van der Waals surface area contributed by atoms with Crippen LogP contribution in [0.2, 0.25) is 0 Å². The minimum absolute atomic E-state index is 0.618. The van der Waals surface area contributed by atoms with Gasteiger partial charge < -0.3 is 9.64 Å². The predicted octanol–water partition coefficient (Wildman–Crippen LogP) is 2.10. The Kier molecular flexibility index (Phi) is 4.12. The Morgan fingerprint density at radius 3 is 3.12 bits per heavy atom. The lowest BCUT2D eigenvalue weighted by Crippen LogP contribution is -2.31. The van der Waals surface area contributed by atoms with Crippen molar-refractivity contribution in [1.29, 1.82) is 0 Å². The van der Waals surface area contributed by atoms with Gasteiger partial charge in [0.05, 0.1) is 6.61 Å². The van der Waals surface area contributed by atoms with Crippen LogP contribution in [0.15, 0.2) is 17.0 Å². The van der Waals surface area contributed by atoms with E-state index in [1.165, 1.54) is 12.8 Å².